The van der Waals surface area contributed by atoms with Crippen LogP contribution >= 0.6 is 11.6 Å². The zero-order chi connectivity index (χ0) is 24.8. The van der Waals surface area contributed by atoms with Gasteiger partial charge in [0.2, 0.25) is 21.8 Å². The van der Waals surface area contributed by atoms with E-state index in [0.717, 1.165) is 21.7 Å². The smallest absolute Gasteiger partial charge is 0.244 e. The number of hydrogen-bond acceptors (Lipinski definition) is 4. The Kier molecular flexibility index (Phi) is 9.31. The van der Waals surface area contributed by atoms with E-state index in [1.165, 1.54) is 11.0 Å². The molecule has 9 heteroatoms. The molecule has 2 rings (SSSR count). The maximum absolute atomic E-state index is 13.5. The lowest BCUT2D eigenvalue weighted by Gasteiger charge is -2.33. The van der Waals surface area contributed by atoms with Crippen molar-refractivity contribution in [2.24, 2.45) is 0 Å². The largest absolute Gasteiger partial charge is 0.352 e. The summed E-state index contributed by atoms with van der Waals surface area (Å²) < 4.78 is 26.1. The first-order valence-corrected chi connectivity index (χ1v) is 13.0. The first-order valence-electron chi connectivity index (χ1n) is 10.8. The second kappa shape index (κ2) is 11.5. The molecule has 1 unspecified atom stereocenters. The monoisotopic (exact) mass is 493 g/mol. The van der Waals surface area contributed by atoms with Gasteiger partial charge in [-0.15, -0.1) is 0 Å². The molecule has 180 valence electrons. The van der Waals surface area contributed by atoms with Crippen molar-refractivity contribution in [1.29, 1.82) is 0 Å². The molecule has 7 nitrogen and oxygen atoms in total. The average molecular weight is 494 g/mol. The van der Waals surface area contributed by atoms with E-state index in [0.29, 0.717) is 11.4 Å². The highest BCUT2D eigenvalue weighted by molar-refractivity contribution is 7.92. The molecule has 2 amide bonds. The van der Waals surface area contributed by atoms with Crippen molar-refractivity contribution in [3.8, 4) is 0 Å². The zero-order valence-electron chi connectivity index (χ0n) is 19.7. The summed E-state index contributed by atoms with van der Waals surface area (Å²) >= 11 is 6.05. The predicted molar refractivity (Wildman–Crippen MR) is 133 cm³/mol. The highest BCUT2D eigenvalue weighted by atomic mass is 35.5. The molecular weight excluding hydrogens is 462 g/mol. The number of anilines is 1. The number of carbonyl (C=O) groups is 2. The second-order valence-corrected chi connectivity index (χ2v) is 10.7. The summed E-state index contributed by atoms with van der Waals surface area (Å²) in [5.74, 6) is -0.755. The van der Waals surface area contributed by atoms with Crippen LogP contribution in [0, 0.1) is 6.92 Å². The predicted octanol–water partition coefficient (Wildman–Crippen LogP) is 3.75. The lowest BCUT2D eigenvalue weighted by molar-refractivity contribution is -0.140. The summed E-state index contributed by atoms with van der Waals surface area (Å²) in [6, 6.07) is 13.1. The van der Waals surface area contributed by atoms with Crippen molar-refractivity contribution in [3.05, 3.63) is 64.7 Å². The lowest BCUT2D eigenvalue weighted by Crippen LogP contribution is -2.53. The maximum atomic E-state index is 13.5. The van der Waals surface area contributed by atoms with Gasteiger partial charge >= 0.3 is 0 Å². The van der Waals surface area contributed by atoms with Crippen molar-refractivity contribution < 1.29 is 18.0 Å². The number of rotatable bonds is 10. The molecule has 0 aliphatic heterocycles. The molecular formula is C24H32ClN3O4S. The summed E-state index contributed by atoms with van der Waals surface area (Å²) in [6.07, 6.45) is 1.42. The number of aryl methyl sites for hydroxylation is 1. The average Bonchev–Trinajstić information content (AvgIpc) is 2.70. The van der Waals surface area contributed by atoms with Crippen LogP contribution in [0.3, 0.4) is 0 Å². The summed E-state index contributed by atoms with van der Waals surface area (Å²) in [7, 11) is -3.79. The molecule has 33 heavy (non-hydrogen) atoms. The molecule has 0 aliphatic carbocycles. The van der Waals surface area contributed by atoms with Crippen molar-refractivity contribution in [2.75, 3.05) is 17.1 Å². The van der Waals surface area contributed by atoms with E-state index >= 15 is 0 Å². The Morgan fingerprint density at radius 1 is 1.09 bits per heavy atom. The molecule has 0 fully saturated rings. The Hall–Kier alpha value is -2.58. The molecule has 2 aromatic carbocycles. The summed E-state index contributed by atoms with van der Waals surface area (Å²) in [6.45, 7) is 7.20. The minimum atomic E-state index is -3.79. The number of nitrogens with zero attached hydrogens (tertiary/aromatic N) is 2. The fraction of sp³-hybridized carbons (Fsp3) is 0.417. The molecule has 0 heterocycles. The Morgan fingerprint density at radius 2 is 1.76 bits per heavy atom. The third kappa shape index (κ3) is 7.75. The van der Waals surface area contributed by atoms with Gasteiger partial charge in [0, 0.05) is 17.6 Å². The van der Waals surface area contributed by atoms with Gasteiger partial charge in [0.15, 0.2) is 0 Å². The molecule has 0 spiro atoms. The number of nitrogens with one attached hydrogen (secondary N) is 1. The highest BCUT2D eigenvalue weighted by Gasteiger charge is 2.32. The number of halogens is 1. The molecule has 0 aliphatic rings. The van der Waals surface area contributed by atoms with E-state index in [1.807, 2.05) is 52.0 Å². The molecule has 0 aromatic heterocycles. The van der Waals surface area contributed by atoms with Gasteiger partial charge in [0.1, 0.15) is 12.6 Å². The fourth-order valence-corrected chi connectivity index (χ4v) is 4.58. The van der Waals surface area contributed by atoms with Crippen LogP contribution in [-0.4, -0.2) is 50.0 Å². The van der Waals surface area contributed by atoms with E-state index in [4.69, 9.17) is 11.6 Å². The van der Waals surface area contributed by atoms with Crippen LogP contribution in [0.15, 0.2) is 48.5 Å². The third-order valence-corrected chi connectivity index (χ3v) is 6.40. The summed E-state index contributed by atoms with van der Waals surface area (Å²) in [4.78, 5) is 27.9. The normalized spacial score (nSPS) is 12.3. The number of carbonyl (C=O) groups excluding carboxylic acids is 2. The molecule has 1 N–H and O–H groups in total. The Balaban J connectivity index is 2.44. The van der Waals surface area contributed by atoms with Crippen molar-refractivity contribution in [2.45, 2.75) is 52.7 Å². The van der Waals surface area contributed by atoms with Crippen LogP contribution in [0.2, 0.25) is 5.02 Å². The molecule has 0 saturated heterocycles. The van der Waals surface area contributed by atoms with Crippen molar-refractivity contribution in [1.82, 2.24) is 10.2 Å². The Morgan fingerprint density at radius 3 is 2.30 bits per heavy atom. The standard InChI is InChI=1S/C24H32ClN3O4S/c1-6-22(24(30)26-17(2)3)27(15-19-10-7-9-18(4)13-19)23(29)16-28(33(5,31)32)21-12-8-11-20(25)14-21/h7-14,17,22H,6,15-16H2,1-5H3,(H,26,30). The number of hydrogen-bond donors (Lipinski definition) is 1. The van der Waals surface area contributed by atoms with E-state index < -0.39 is 28.5 Å². The number of benzene rings is 2. The SMILES string of the molecule is CCC(C(=O)NC(C)C)N(Cc1cccc(C)c1)C(=O)CN(c1cccc(Cl)c1)S(C)(=O)=O. The van der Waals surface area contributed by atoms with Gasteiger partial charge in [-0.1, -0.05) is 54.4 Å². The van der Waals surface area contributed by atoms with Gasteiger partial charge in [-0.2, -0.15) is 0 Å². The van der Waals surface area contributed by atoms with E-state index in [-0.39, 0.29) is 24.2 Å². The topological polar surface area (TPSA) is 86.8 Å². The van der Waals surface area contributed by atoms with Crippen molar-refractivity contribution >= 4 is 39.1 Å². The highest BCUT2D eigenvalue weighted by Crippen LogP contribution is 2.23. The minimum Gasteiger partial charge on any atom is -0.352 e. The van der Waals surface area contributed by atoms with Gasteiger partial charge in [0.05, 0.1) is 11.9 Å². The van der Waals surface area contributed by atoms with E-state index in [1.54, 1.807) is 18.2 Å². The minimum absolute atomic E-state index is 0.0959. The lowest BCUT2D eigenvalue weighted by atomic mass is 10.1. The number of sulfonamides is 1. The summed E-state index contributed by atoms with van der Waals surface area (Å²) in [5.41, 5.74) is 2.16. The first kappa shape index (κ1) is 26.7. The van der Waals surface area contributed by atoms with E-state index in [2.05, 4.69) is 5.32 Å². The summed E-state index contributed by atoms with van der Waals surface area (Å²) in [5, 5.41) is 3.22. The quantitative estimate of drug-likeness (QED) is 0.546. The van der Waals surface area contributed by atoms with Crippen LogP contribution in [0.25, 0.3) is 0 Å². The van der Waals surface area contributed by atoms with Gasteiger partial charge in [-0.25, -0.2) is 8.42 Å². The van der Waals surface area contributed by atoms with Crippen LogP contribution < -0.4 is 9.62 Å². The molecule has 2 aromatic rings. The van der Waals surface area contributed by atoms with Crippen LogP contribution in [0.4, 0.5) is 5.69 Å². The maximum Gasteiger partial charge on any atom is 0.244 e. The third-order valence-electron chi connectivity index (χ3n) is 5.03. The van der Waals surface area contributed by atoms with Gasteiger partial charge in [0.25, 0.3) is 0 Å². The molecule has 0 saturated carbocycles. The van der Waals surface area contributed by atoms with Crippen LogP contribution in [-0.2, 0) is 26.2 Å². The van der Waals surface area contributed by atoms with Crippen molar-refractivity contribution in [3.63, 3.8) is 0 Å². The second-order valence-electron chi connectivity index (χ2n) is 8.35. The molecule has 0 bridgehead atoms. The van der Waals surface area contributed by atoms with Gasteiger partial charge < -0.3 is 10.2 Å². The van der Waals surface area contributed by atoms with Crippen LogP contribution in [0.1, 0.15) is 38.3 Å². The molecule has 0 radical (unpaired) electrons. The Bertz CT molecular complexity index is 1090. The van der Waals surface area contributed by atoms with Gasteiger partial charge in [-0.3, -0.25) is 13.9 Å². The van der Waals surface area contributed by atoms with Crippen LogP contribution in [0.5, 0.6) is 0 Å². The first-order chi connectivity index (χ1) is 15.4. The fourth-order valence-electron chi connectivity index (χ4n) is 3.55. The van der Waals surface area contributed by atoms with Gasteiger partial charge in [-0.05, 0) is 51.0 Å². The molecule has 1 atom stereocenters. The van der Waals surface area contributed by atoms with E-state index in [9.17, 15) is 18.0 Å². The number of amides is 2. The Labute approximate surface area is 201 Å². The zero-order valence-corrected chi connectivity index (χ0v) is 21.3.